The van der Waals surface area contributed by atoms with Crippen molar-refractivity contribution in [2.45, 2.75) is 11.8 Å². The Kier molecular flexibility index (Phi) is 7.96. The average molecular weight is 313 g/mol. The highest BCUT2D eigenvalue weighted by molar-refractivity contribution is 7.99. The molecule has 0 amide bonds. The molecule has 0 fully saturated rings. The Morgan fingerprint density at radius 3 is 2.76 bits per heavy atom. The molecular weight excluding hydrogens is 290 g/mol. The summed E-state index contributed by atoms with van der Waals surface area (Å²) in [4.78, 5) is 2.92. The molecule has 118 valence electrons. The van der Waals surface area contributed by atoms with Crippen LogP contribution in [0.15, 0.2) is 28.3 Å². The van der Waals surface area contributed by atoms with Gasteiger partial charge in [-0.05, 0) is 17.9 Å². The van der Waals surface area contributed by atoms with Crippen LogP contribution in [-0.4, -0.2) is 55.3 Å². The number of ether oxygens (including phenoxy) is 1. The molecule has 0 bridgehead atoms. The van der Waals surface area contributed by atoms with E-state index < -0.39 is 0 Å². The van der Waals surface area contributed by atoms with Crippen LogP contribution >= 0.6 is 11.8 Å². The number of hydrogen-bond acceptors (Lipinski definition) is 6. The number of nitrogens with zero attached hydrogens (tertiary/aromatic N) is 2. The summed E-state index contributed by atoms with van der Waals surface area (Å²) in [5.41, 5.74) is 7.37. The molecule has 6 nitrogen and oxygen atoms in total. The van der Waals surface area contributed by atoms with Crippen LogP contribution in [0.1, 0.15) is 12.5 Å². The largest absolute Gasteiger partial charge is 0.409 e. The number of anilines is 1. The maximum absolute atomic E-state index is 9.26. The molecular formula is C14H23N3O3S. The smallest absolute Gasteiger partial charge is 0.173 e. The van der Waals surface area contributed by atoms with Crippen molar-refractivity contribution in [1.29, 1.82) is 0 Å². The SMILES string of the molecule is CCSc1cccc(N(CCO)CCOC)c1/C(N)=N/O. The van der Waals surface area contributed by atoms with E-state index in [4.69, 9.17) is 15.7 Å². The van der Waals surface area contributed by atoms with Crippen LogP contribution in [-0.2, 0) is 4.74 Å². The molecule has 4 N–H and O–H groups in total. The number of hydrogen-bond donors (Lipinski definition) is 3. The molecule has 1 rings (SSSR count). The first-order valence-corrected chi connectivity index (χ1v) is 7.76. The van der Waals surface area contributed by atoms with Gasteiger partial charge in [0, 0.05) is 30.8 Å². The lowest BCUT2D eigenvalue weighted by Crippen LogP contribution is -2.32. The predicted molar refractivity (Wildman–Crippen MR) is 86.5 cm³/mol. The Balaban J connectivity index is 3.26. The summed E-state index contributed by atoms with van der Waals surface area (Å²) in [7, 11) is 1.63. The lowest BCUT2D eigenvalue weighted by molar-refractivity contribution is 0.203. The Morgan fingerprint density at radius 1 is 1.43 bits per heavy atom. The molecule has 0 radical (unpaired) electrons. The minimum absolute atomic E-state index is 0.0183. The monoisotopic (exact) mass is 313 g/mol. The van der Waals surface area contributed by atoms with Gasteiger partial charge < -0.3 is 25.7 Å². The second kappa shape index (κ2) is 9.49. The molecule has 0 heterocycles. The number of amidine groups is 1. The molecule has 0 aliphatic heterocycles. The third-order valence-corrected chi connectivity index (χ3v) is 3.88. The number of aliphatic hydroxyl groups is 1. The van der Waals surface area contributed by atoms with Crippen molar-refractivity contribution in [3.8, 4) is 0 Å². The molecule has 7 heteroatoms. The van der Waals surface area contributed by atoms with Crippen molar-refractivity contribution in [2.24, 2.45) is 10.9 Å². The van der Waals surface area contributed by atoms with Gasteiger partial charge >= 0.3 is 0 Å². The van der Waals surface area contributed by atoms with Gasteiger partial charge in [-0.25, -0.2) is 0 Å². The van der Waals surface area contributed by atoms with Crippen LogP contribution in [0, 0.1) is 0 Å². The second-order valence-electron chi connectivity index (χ2n) is 4.27. The highest BCUT2D eigenvalue weighted by Gasteiger charge is 2.17. The van der Waals surface area contributed by atoms with Crippen LogP contribution in [0.4, 0.5) is 5.69 Å². The van der Waals surface area contributed by atoms with Gasteiger partial charge in [0.05, 0.1) is 18.8 Å². The van der Waals surface area contributed by atoms with Crippen molar-refractivity contribution >= 4 is 23.3 Å². The lowest BCUT2D eigenvalue weighted by atomic mass is 10.1. The zero-order valence-electron chi connectivity index (χ0n) is 12.5. The standard InChI is InChI=1S/C14H23N3O3S/c1-3-21-12-6-4-5-11(13(12)14(15)16-19)17(7-9-18)8-10-20-2/h4-6,18-19H,3,7-10H2,1-2H3,(H2,15,16). The minimum Gasteiger partial charge on any atom is -0.409 e. The highest BCUT2D eigenvalue weighted by Crippen LogP contribution is 2.30. The fraction of sp³-hybridized carbons (Fsp3) is 0.500. The van der Waals surface area contributed by atoms with Gasteiger partial charge in [0.25, 0.3) is 0 Å². The summed E-state index contributed by atoms with van der Waals surface area (Å²) in [6.45, 7) is 3.66. The number of thioether (sulfide) groups is 1. The number of aliphatic hydroxyl groups excluding tert-OH is 1. The summed E-state index contributed by atoms with van der Waals surface area (Å²) in [5, 5.41) is 21.5. The number of rotatable bonds is 9. The summed E-state index contributed by atoms with van der Waals surface area (Å²) in [6.07, 6.45) is 0. The first-order chi connectivity index (χ1) is 10.2. The molecule has 0 aromatic heterocycles. The molecule has 0 spiro atoms. The summed E-state index contributed by atoms with van der Waals surface area (Å²) in [6, 6.07) is 5.77. The van der Waals surface area contributed by atoms with Crippen molar-refractivity contribution in [3.63, 3.8) is 0 Å². The van der Waals surface area contributed by atoms with Crippen molar-refractivity contribution in [3.05, 3.63) is 23.8 Å². The van der Waals surface area contributed by atoms with E-state index in [9.17, 15) is 5.11 Å². The van der Waals surface area contributed by atoms with E-state index >= 15 is 0 Å². The molecule has 1 aromatic rings. The zero-order chi connectivity index (χ0) is 15.7. The zero-order valence-corrected chi connectivity index (χ0v) is 13.3. The van der Waals surface area contributed by atoms with Crippen LogP contribution in [0.5, 0.6) is 0 Å². The Morgan fingerprint density at radius 2 is 2.19 bits per heavy atom. The van der Waals surface area contributed by atoms with Crippen LogP contribution in [0.2, 0.25) is 0 Å². The molecule has 0 unspecified atom stereocenters. The average Bonchev–Trinajstić information content (AvgIpc) is 2.51. The number of methoxy groups -OCH3 is 1. The predicted octanol–water partition coefficient (Wildman–Crippen LogP) is 1.34. The molecule has 0 aliphatic rings. The maximum atomic E-state index is 9.26. The fourth-order valence-electron chi connectivity index (χ4n) is 2.04. The van der Waals surface area contributed by atoms with E-state index in [1.165, 1.54) is 0 Å². The molecule has 0 saturated heterocycles. The lowest BCUT2D eigenvalue weighted by Gasteiger charge is -2.27. The summed E-state index contributed by atoms with van der Waals surface area (Å²) >= 11 is 1.63. The minimum atomic E-state index is 0.0183. The first-order valence-electron chi connectivity index (χ1n) is 6.78. The van der Waals surface area contributed by atoms with Gasteiger partial charge in [0.1, 0.15) is 0 Å². The van der Waals surface area contributed by atoms with E-state index in [1.54, 1.807) is 18.9 Å². The summed E-state index contributed by atoms with van der Waals surface area (Å²) in [5.74, 6) is 0.953. The first kappa shape index (κ1) is 17.6. The number of oxime groups is 1. The van der Waals surface area contributed by atoms with Gasteiger partial charge in [-0.15, -0.1) is 11.8 Å². The highest BCUT2D eigenvalue weighted by atomic mass is 32.2. The normalized spacial score (nSPS) is 11.7. The van der Waals surface area contributed by atoms with Gasteiger partial charge in [0.2, 0.25) is 0 Å². The molecule has 0 aliphatic carbocycles. The van der Waals surface area contributed by atoms with Gasteiger partial charge in [-0.1, -0.05) is 18.1 Å². The number of benzene rings is 1. The van der Waals surface area contributed by atoms with E-state index in [0.717, 1.165) is 16.3 Å². The third-order valence-electron chi connectivity index (χ3n) is 2.94. The van der Waals surface area contributed by atoms with E-state index in [0.29, 0.717) is 25.3 Å². The van der Waals surface area contributed by atoms with Crippen LogP contribution in [0.25, 0.3) is 0 Å². The van der Waals surface area contributed by atoms with E-state index in [-0.39, 0.29) is 12.4 Å². The van der Waals surface area contributed by atoms with E-state index in [2.05, 4.69) is 5.16 Å². The van der Waals surface area contributed by atoms with Gasteiger partial charge in [0.15, 0.2) is 5.84 Å². The Labute approximate surface area is 129 Å². The van der Waals surface area contributed by atoms with Gasteiger partial charge in [-0.2, -0.15) is 0 Å². The van der Waals surface area contributed by atoms with Gasteiger partial charge in [-0.3, -0.25) is 0 Å². The molecule has 0 atom stereocenters. The van der Waals surface area contributed by atoms with Crippen molar-refractivity contribution in [1.82, 2.24) is 0 Å². The quantitative estimate of drug-likeness (QED) is 0.209. The maximum Gasteiger partial charge on any atom is 0.173 e. The Hall–Kier alpha value is -1.44. The summed E-state index contributed by atoms with van der Waals surface area (Å²) < 4.78 is 5.11. The Bertz CT molecular complexity index is 469. The number of nitrogens with two attached hydrogens (primary N) is 1. The molecule has 0 saturated carbocycles. The van der Waals surface area contributed by atoms with Crippen LogP contribution < -0.4 is 10.6 Å². The second-order valence-corrected chi connectivity index (χ2v) is 5.58. The molecule has 1 aromatic carbocycles. The topological polar surface area (TPSA) is 91.3 Å². The van der Waals surface area contributed by atoms with Crippen LogP contribution in [0.3, 0.4) is 0 Å². The van der Waals surface area contributed by atoms with Crippen molar-refractivity contribution < 1.29 is 15.1 Å². The van der Waals surface area contributed by atoms with Crippen molar-refractivity contribution in [2.75, 3.05) is 44.1 Å². The van der Waals surface area contributed by atoms with E-state index in [1.807, 2.05) is 30.0 Å². The fourth-order valence-corrected chi connectivity index (χ4v) is 2.88. The third kappa shape index (κ3) is 4.80. The molecule has 21 heavy (non-hydrogen) atoms.